The molecule has 0 aromatic heterocycles. The van der Waals surface area contributed by atoms with Crippen molar-refractivity contribution in [1.82, 2.24) is 5.32 Å². The molecule has 0 saturated carbocycles. The van der Waals surface area contributed by atoms with Crippen LogP contribution in [0.2, 0.25) is 0 Å². The molecule has 1 N–H and O–H groups in total. The van der Waals surface area contributed by atoms with Gasteiger partial charge in [0.2, 0.25) is 0 Å². The topological polar surface area (TPSA) is 55.4 Å². The molecular weight excluding hydrogens is 194 g/mol. The summed E-state index contributed by atoms with van der Waals surface area (Å²) in [6.45, 7) is 5.40. The zero-order valence-corrected chi connectivity index (χ0v) is 10.0. The predicted octanol–water partition coefficient (Wildman–Crippen LogP) is 1.27. The van der Waals surface area contributed by atoms with Crippen LogP contribution in [0.5, 0.6) is 0 Å². The minimum atomic E-state index is -0.577. The van der Waals surface area contributed by atoms with Gasteiger partial charge in [-0.1, -0.05) is 13.8 Å². The first-order valence-electron chi connectivity index (χ1n) is 5.00. The Bertz CT molecular complexity index is 282. The molecule has 0 aromatic carbocycles. The summed E-state index contributed by atoms with van der Waals surface area (Å²) in [6, 6.07) is 0. The first kappa shape index (κ1) is 13.7. The number of Topliss-reactive ketones (excluding diaryl/α,β-unsaturated/α-hetero) is 1. The van der Waals surface area contributed by atoms with Gasteiger partial charge in [-0.15, -0.1) is 0 Å². The van der Waals surface area contributed by atoms with Crippen molar-refractivity contribution in [3.05, 3.63) is 11.3 Å². The molecule has 0 heterocycles. The van der Waals surface area contributed by atoms with Crippen LogP contribution < -0.4 is 5.32 Å². The summed E-state index contributed by atoms with van der Waals surface area (Å²) in [4.78, 5) is 23.3. The fourth-order valence-corrected chi connectivity index (χ4v) is 1.10. The standard InChI is InChI=1S/C11H19NO3/c1-6-7(2)10(13)9(8(3)12-4)11(14)15-5/h7,12H,6H2,1-5H3. The number of rotatable bonds is 5. The fraction of sp³-hybridized carbons (Fsp3) is 0.636. The summed E-state index contributed by atoms with van der Waals surface area (Å²) in [6.07, 6.45) is 0.705. The Balaban J connectivity index is 5.14. The van der Waals surface area contributed by atoms with Crippen LogP contribution in [0, 0.1) is 5.92 Å². The van der Waals surface area contributed by atoms with Gasteiger partial charge in [0.25, 0.3) is 0 Å². The highest BCUT2D eigenvalue weighted by Crippen LogP contribution is 2.14. The van der Waals surface area contributed by atoms with E-state index in [-0.39, 0.29) is 17.3 Å². The van der Waals surface area contributed by atoms with Crippen molar-refractivity contribution in [1.29, 1.82) is 0 Å². The molecule has 0 fully saturated rings. The highest BCUT2D eigenvalue weighted by molar-refractivity contribution is 6.18. The third-order valence-electron chi connectivity index (χ3n) is 2.45. The van der Waals surface area contributed by atoms with Gasteiger partial charge in [-0.3, -0.25) is 4.79 Å². The Morgan fingerprint density at radius 3 is 2.27 bits per heavy atom. The van der Waals surface area contributed by atoms with Crippen molar-refractivity contribution in [3.63, 3.8) is 0 Å². The van der Waals surface area contributed by atoms with Gasteiger partial charge in [-0.2, -0.15) is 0 Å². The van der Waals surface area contributed by atoms with Crippen molar-refractivity contribution < 1.29 is 14.3 Å². The highest BCUT2D eigenvalue weighted by atomic mass is 16.5. The third kappa shape index (κ3) is 3.38. The normalized spacial score (nSPS) is 13.9. The third-order valence-corrected chi connectivity index (χ3v) is 2.45. The molecular formula is C11H19NO3. The molecule has 0 spiro atoms. The van der Waals surface area contributed by atoms with Gasteiger partial charge in [0.15, 0.2) is 5.78 Å². The molecule has 0 radical (unpaired) electrons. The average molecular weight is 213 g/mol. The number of nitrogens with one attached hydrogen (secondary N) is 1. The van der Waals surface area contributed by atoms with Crippen molar-refractivity contribution >= 4 is 11.8 Å². The molecule has 0 aliphatic carbocycles. The van der Waals surface area contributed by atoms with Gasteiger partial charge in [-0.05, 0) is 13.3 Å². The zero-order chi connectivity index (χ0) is 12.0. The molecule has 15 heavy (non-hydrogen) atoms. The van der Waals surface area contributed by atoms with E-state index < -0.39 is 5.97 Å². The van der Waals surface area contributed by atoms with E-state index in [4.69, 9.17) is 0 Å². The maximum atomic E-state index is 11.9. The molecule has 1 unspecified atom stereocenters. The van der Waals surface area contributed by atoms with E-state index in [0.717, 1.165) is 0 Å². The van der Waals surface area contributed by atoms with E-state index >= 15 is 0 Å². The summed E-state index contributed by atoms with van der Waals surface area (Å²) in [5, 5.41) is 2.80. The van der Waals surface area contributed by atoms with Gasteiger partial charge >= 0.3 is 5.97 Å². The Kier molecular flexibility index (Phi) is 5.67. The lowest BCUT2D eigenvalue weighted by atomic mass is 9.96. The zero-order valence-electron chi connectivity index (χ0n) is 10.0. The van der Waals surface area contributed by atoms with Crippen LogP contribution in [0.3, 0.4) is 0 Å². The maximum Gasteiger partial charge on any atom is 0.343 e. The number of hydrogen-bond donors (Lipinski definition) is 1. The lowest BCUT2D eigenvalue weighted by Crippen LogP contribution is -2.24. The molecule has 0 amide bonds. The highest BCUT2D eigenvalue weighted by Gasteiger charge is 2.25. The molecule has 4 nitrogen and oxygen atoms in total. The van der Waals surface area contributed by atoms with Crippen LogP contribution in [0.25, 0.3) is 0 Å². The first-order valence-corrected chi connectivity index (χ1v) is 5.00. The quantitative estimate of drug-likeness (QED) is 0.323. The summed E-state index contributed by atoms with van der Waals surface area (Å²) < 4.78 is 4.59. The van der Waals surface area contributed by atoms with Gasteiger partial charge in [0, 0.05) is 18.7 Å². The molecule has 86 valence electrons. The van der Waals surface area contributed by atoms with Crippen molar-refractivity contribution in [3.8, 4) is 0 Å². The first-order chi connectivity index (χ1) is 6.99. The summed E-state index contributed by atoms with van der Waals surface area (Å²) >= 11 is 0. The van der Waals surface area contributed by atoms with Gasteiger partial charge in [0.05, 0.1) is 7.11 Å². The number of carbonyl (C=O) groups is 2. The lowest BCUT2D eigenvalue weighted by molar-refractivity contribution is -0.138. The average Bonchev–Trinajstić information content (AvgIpc) is 2.27. The van der Waals surface area contributed by atoms with Crippen LogP contribution in [0.15, 0.2) is 11.3 Å². The van der Waals surface area contributed by atoms with E-state index in [1.165, 1.54) is 7.11 Å². The molecule has 4 heteroatoms. The Morgan fingerprint density at radius 2 is 1.93 bits per heavy atom. The second-order valence-electron chi connectivity index (χ2n) is 3.42. The van der Waals surface area contributed by atoms with E-state index in [1.54, 1.807) is 20.9 Å². The minimum Gasteiger partial charge on any atom is -0.465 e. The van der Waals surface area contributed by atoms with Crippen molar-refractivity contribution in [2.24, 2.45) is 5.92 Å². The summed E-state index contributed by atoms with van der Waals surface area (Å²) in [5.41, 5.74) is 0.668. The summed E-state index contributed by atoms with van der Waals surface area (Å²) in [5.74, 6) is -0.911. The van der Waals surface area contributed by atoms with Gasteiger partial charge < -0.3 is 10.1 Å². The largest absolute Gasteiger partial charge is 0.465 e. The van der Waals surface area contributed by atoms with Crippen LogP contribution in [-0.2, 0) is 14.3 Å². The Labute approximate surface area is 90.7 Å². The Morgan fingerprint density at radius 1 is 1.40 bits per heavy atom. The molecule has 0 aromatic rings. The van der Waals surface area contributed by atoms with E-state index in [2.05, 4.69) is 10.1 Å². The lowest BCUT2D eigenvalue weighted by Gasteiger charge is -2.12. The number of carbonyl (C=O) groups excluding carboxylic acids is 2. The van der Waals surface area contributed by atoms with E-state index in [0.29, 0.717) is 12.1 Å². The number of ether oxygens (including phenoxy) is 1. The van der Waals surface area contributed by atoms with Crippen LogP contribution in [0.4, 0.5) is 0 Å². The van der Waals surface area contributed by atoms with E-state index in [9.17, 15) is 9.59 Å². The number of hydrogen-bond acceptors (Lipinski definition) is 4. The molecule has 0 bridgehead atoms. The van der Waals surface area contributed by atoms with Crippen LogP contribution in [0.1, 0.15) is 27.2 Å². The second kappa shape index (κ2) is 6.22. The molecule has 0 aliphatic rings. The number of ketones is 1. The smallest absolute Gasteiger partial charge is 0.343 e. The number of methoxy groups -OCH3 is 1. The van der Waals surface area contributed by atoms with E-state index in [1.807, 2.05) is 6.92 Å². The van der Waals surface area contributed by atoms with Crippen LogP contribution in [-0.4, -0.2) is 25.9 Å². The number of allylic oxidation sites excluding steroid dienone is 1. The van der Waals surface area contributed by atoms with Crippen molar-refractivity contribution in [2.45, 2.75) is 27.2 Å². The minimum absolute atomic E-state index is 0.120. The molecule has 0 rings (SSSR count). The second-order valence-corrected chi connectivity index (χ2v) is 3.42. The molecule has 0 aliphatic heterocycles. The van der Waals surface area contributed by atoms with Crippen molar-refractivity contribution in [2.75, 3.05) is 14.2 Å². The summed E-state index contributed by atoms with van der Waals surface area (Å²) in [7, 11) is 2.94. The predicted molar refractivity (Wildman–Crippen MR) is 58.2 cm³/mol. The monoisotopic (exact) mass is 213 g/mol. The fourth-order valence-electron chi connectivity index (χ4n) is 1.10. The van der Waals surface area contributed by atoms with Gasteiger partial charge in [-0.25, -0.2) is 4.79 Å². The molecule has 0 saturated heterocycles. The Hall–Kier alpha value is -1.32. The van der Waals surface area contributed by atoms with Crippen LogP contribution >= 0.6 is 0 Å². The van der Waals surface area contributed by atoms with Gasteiger partial charge in [0.1, 0.15) is 5.57 Å². The SMILES string of the molecule is CCC(C)C(=O)C(C(=O)OC)=C(C)NC. The maximum absolute atomic E-state index is 11.9. The number of esters is 1. The molecule has 1 atom stereocenters.